The molecule has 132 valence electrons. The van der Waals surface area contributed by atoms with Gasteiger partial charge >= 0.3 is 5.97 Å². The van der Waals surface area contributed by atoms with Crippen molar-refractivity contribution in [2.24, 2.45) is 11.8 Å². The largest absolute Gasteiger partial charge is 0.496 e. The molecule has 0 unspecified atom stereocenters. The first-order chi connectivity index (χ1) is 11.6. The summed E-state index contributed by atoms with van der Waals surface area (Å²) in [6, 6.07) is 3.81. The van der Waals surface area contributed by atoms with Crippen molar-refractivity contribution in [3.63, 3.8) is 0 Å². The van der Waals surface area contributed by atoms with Gasteiger partial charge in [-0.15, -0.1) is 0 Å². The van der Waals surface area contributed by atoms with E-state index < -0.39 is 5.97 Å². The standard InChI is InChI=1S/C18H25NO5/c1-3-4-12-9-19(11-14(12)18(20)21)10-13-7-16-17(8-15(13)22-2)24-6-5-23-16/h7-8,12,14H,3-6,9-11H2,1-2H3,(H,20,21)/t12-,14-/m0/s1. The molecule has 0 aliphatic carbocycles. The zero-order valence-electron chi connectivity index (χ0n) is 14.3. The molecule has 2 atom stereocenters. The number of fused-ring (bicyclic) bond motifs is 1. The molecule has 0 radical (unpaired) electrons. The molecule has 1 saturated heterocycles. The highest BCUT2D eigenvalue weighted by Gasteiger charge is 2.37. The van der Waals surface area contributed by atoms with Gasteiger partial charge in [-0.2, -0.15) is 0 Å². The highest BCUT2D eigenvalue weighted by Crippen LogP contribution is 2.38. The molecular weight excluding hydrogens is 310 g/mol. The fraction of sp³-hybridized carbons (Fsp3) is 0.611. The number of rotatable bonds is 6. The van der Waals surface area contributed by atoms with E-state index >= 15 is 0 Å². The Labute approximate surface area is 142 Å². The number of carboxylic acids is 1. The van der Waals surface area contributed by atoms with E-state index in [0.29, 0.717) is 32.1 Å². The number of hydrogen-bond acceptors (Lipinski definition) is 5. The van der Waals surface area contributed by atoms with Crippen molar-refractivity contribution in [3.05, 3.63) is 17.7 Å². The molecule has 6 nitrogen and oxygen atoms in total. The monoisotopic (exact) mass is 335 g/mol. The van der Waals surface area contributed by atoms with Gasteiger partial charge in [0.2, 0.25) is 0 Å². The van der Waals surface area contributed by atoms with Crippen LogP contribution in [0.2, 0.25) is 0 Å². The second-order valence-electron chi connectivity index (χ2n) is 6.50. The molecule has 1 N–H and O–H groups in total. The topological polar surface area (TPSA) is 68.2 Å². The number of aliphatic carboxylic acids is 1. The van der Waals surface area contributed by atoms with Gasteiger partial charge in [-0.1, -0.05) is 13.3 Å². The van der Waals surface area contributed by atoms with Gasteiger partial charge < -0.3 is 19.3 Å². The zero-order valence-corrected chi connectivity index (χ0v) is 14.3. The number of benzene rings is 1. The number of methoxy groups -OCH3 is 1. The van der Waals surface area contributed by atoms with Crippen molar-refractivity contribution in [1.29, 1.82) is 0 Å². The first-order valence-electron chi connectivity index (χ1n) is 8.54. The van der Waals surface area contributed by atoms with Crippen molar-refractivity contribution < 1.29 is 24.1 Å². The molecule has 3 rings (SSSR count). The predicted octanol–water partition coefficient (Wildman–Crippen LogP) is 2.40. The second-order valence-corrected chi connectivity index (χ2v) is 6.50. The van der Waals surface area contributed by atoms with Crippen LogP contribution in [0.1, 0.15) is 25.3 Å². The summed E-state index contributed by atoms with van der Waals surface area (Å²) in [7, 11) is 1.64. The van der Waals surface area contributed by atoms with E-state index in [0.717, 1.165) is 36.4 Å². The number of likely N-dealkylation sites (tertiary alicyclic amines) is 1. The highest BCUT2D eigenvalue weighted by molar-refractivity contribution is 5.71. The Morgan fingerprint density at radius 2 is 2.00 bits per heavy atom. The summed E-state index contributed by atoms with van der Waals surface area (Å²) in [6.45, 7) is 5.23. The Hall–Kier alpha value is -1.95. The van der Waals surface area contributed by atoms with E-state index in [1.54, 1.807) is 7.11 Å². The van der Waals surface area contributed by atoms with E-state index in [1.165, 1.54) is 0 Å². The number of carboxylic acid groups (broad SMARTS) is 1. The van der Waals surface area contributed by atoms with Crippen molar-refractivity contribution >= 4 is 5.97 Å². The smallest absolute Gasteiger partial charge is 0.308 e. The van der Waals surface area contributed by atoms with Gasteiger partial charge in [-0.05, 0) is 18.4 Å². The van der Waals surface area contributed by atoms with Crippen LogP contribution >= 0.6 is 0 Å². The van der Waals surface area contributed by atoms with Crippen molar-refractivity contribution in [2.75, 3.05) is 33.4 Å². The normalized spacial score (nSPS) is 23.2. The SMILES string of the molecule is CCC[C@H]1CN(Cc2cc3c(cc2OC)OCCO3)C[C@@H]1C(=O)O. The summed E-state index contributed by atoms with van der Waals surface area (Å²) < 4.78 is 16.7. The van der Waals surface area contributed by atoms with Gasteiger partial charge in [-0.25, -0.2) is 0 Å². The van der Waals surface area contributed by atoms with E-state index in [1.807, 2.05) is 12.1 Å². The molecular formula is C18H25NO5. The van der Waals surface area contributed by atoms with Crippen LogP contribution < -0.4 is 14.2 Å². The van der Waals surface area contributed by atoms with Gasteiger partial charge in [-0.3, -0.25) is 9.69 Å². The fourth-order valence-corrected chi connectivity index (χ4v) is 3.70. The molecule has 0 spiro atoms. The van der Waals surface area contributed by atoms with Gasteiger partial charge in [0.25, 0.3) is 0 Å². The molecule has 0 aromatic heterocycles. The minimum Gasteiger partial charge on any atom is -0.496 e. The van der Waals surface area contributed by atoms with Crippen molar-refractivity contribution in [1.82, 2.24) is 4.90 Å². The van der Waals surface area contributed by atoms with Crippen LogP contribution in [0.4, 0.5) is 0 Å². The van der Waals surface area contributed by atoms with Crippen molar-refractivity contribution in [3.8, 4) is 17.2 Å². The van der Waals surface area contributed by atoms with Gasteiger partial charge in [0.05, 0.1) is 13.0 Å². The molecule has 2 aliphatic rings. The summed E-state index contributed by atoms with van der Waals surface area (Å²) >= 11 is 0. The molecule has 0 amide bonds. The molecule has 0 saturated carbocycles. The minimum absolute atomic E-state index is 0.218. The molecule has 1 fully saturated rings. The average Bonchev–Trinajstić information content (AvgIpc) is 2.97. The first kappa shape index (κ1) is 16.9. The fourth-order valence-electron chi connectivity index (χ4n) is 3.70. The summed E-state index contributed by atoms with van der Waals surface area (Å²) in [4.78, 5) is 13.7. The van der Waals surface area contributed by atoms with E-state index in [9.17, 15) is 9.90 Å². The molecule has 1 aromatic rings. The maximum Gasteiger partial charge on any atom is 0.308 e. The Morgan fingerprint density at radius 3 is 2.62 bits per heavy atom. The zero-order chi connectivity index (χ0) is 17.1. The Bertz CT molecular complexity index is 603. The molecule has 2 heterocycles. The quantitative estimate of drug-likeness (QED) is 0.861. The van der Waals surface area contributed by atoms with E-state index in [-0.39, 0.29) is 11.8 Å². The molecule has 24 heavy (non-hydrogen) atoms. The van der Waals surface area contributed by atoms with Crippen molar-refractivity contribution in [2.45, 2.75) is 26.3 Å². The third-order valence-electron chi connectivity index (χ3n) is 4.83. The maximum absolute atomic E-state index is 11.5. The summed E-state index contributed by atoms with van der Waals surface area (Å²) in [5.74, 6) is 1.44. The average molecular weight is 335 g/mol. The van der Waals surface area contributed by atoms with Crippen LogP contribution in [0.5, 0.6) is 17.2 Å². The van der Waals surface area contributed by atoms with Crippen LogP contribution in [0, 0.1) is 11.8 Å². The van der Waals surface area contributed by atoms with Crippen LogP contribution in [0.3, 0.4) is 0 Å². The highest BCUT2D eigenvalue weighted by atomic mass is 16.6. The lowest BCUT2D eigenvalue weighted by Crippen LogP contribution is -2.24. The lowest BCUT2D eigenvalue weighted by molar-refractivity contribution is -0.142. The second kappa shape index (κ2) is 7.30. The number of ether oxygens (including phenoxy) is 3. The molecule has 6 heteroatoms. The minimum atomic E-state index is -0.690. The maximum atomic E-state index is 11.5. The third kappa shape index (κ3) is 3.43. The predicted molar refractivity (Wildman–Crippen MR) is 88.8 cm³/mol. The first-order valence-corrected chi connectivity index (χ1v) is 8.54. The Morgan fingerprint density at radius 1 is 1.29 bits per heavy atom. The Balaban J connectivity index is 1.77. The van der Waals surface area contributed by atoms with E-state index in [2.05, 4.69) is 11.8 Å². The lowest BCUT2D eigenvalue weighted by atomic mass is 9.92. The number of hydrogen-bond donors (Lipinski definition) is 1. The van der Waals surface area contributed by atoms with Crippen LogP contribution in [-0.4, -0.2) is 49.4 Å². The van der Waals surface area contributed by atoms with Gasteiger partial charge in [0.1, 0.15) is 19.0 Å². The number of nitrogens with zero attached hydrogens (tertiary/aromatic N) is 1. The van der Waals surface area contributed by atoms with Gasteiger partial charge in [0.15, 0.2) is 11.5 Å². The van der Waals surface area contributed by atoms with E-state index in [4.69, 9.17) is 14.2 Å². The van der Waals surface area contributed by atoms with Crippen LogP contribution in [0.15, 0.2) is 12.1 Å². The summed E-state index contributed by atoms with van der Waals surface area (Å²) in [5, 5.41) is 9.47. The summed E-state index contributed by atoms with van der Waals surface area (Å²) in [6.07, 6.45) is 1.96. The van der Waals surface area contributed by atoms with Gasteiger partial charge in [0, 0.05) is 31.3 Å². The van der Waals surface area contributed by atoms with Crippen LogP contribution in [-0.2, 0) is 11.3 Å². The molecule has 2 aliphatic heterocycles. The van der Waals surface area contributed by atoms with Crippen LogP contribution in [0.25, 0.3) is 0 Å². The molecule has 1 aromatic carbocycles. The summed E-state index contributed by atoms with van der Waals surface area (Å²) in [5.41, 5.74) is 1.00. The molecule has 0 bridgehead atoms. The number of carbonyl (C=O) groups is 1. The lowest BCUT2D eigenvalue weighted by Gasteiger charge is -2.23. The third-order valence-corrected chi connectivity index (χ3v) is 4.83. The Kier molecular flexibility index (Phi) is 5.14.